The van der Waals surface area contributed by atoms with E-state index in [9.17, 15) is 0 Å². The molecule has 0 aliphatic carbocycles. The Hall–Kier alpha value is -1.19. The first-order valence-electron chi connectivity index (χ1n) is 5.86. The predicted molar refractivity (Wildman–Crippen MR) is 73.3 cm³/mol. The molecule has 0 atom stereocenters. The smallest absolute Gasteiger partial charge is 0.0327 e. The van der Waals surface area contributed by atoms with Crippen molar-refractivity contribution in [2.75, 3.05) is 13.6 Å². The summed E-state index contributed by atoms with van der Waals surface area (Å²) in [6.45, 7) is 4.32. The van der Waals surface area contributed by atoms with Gasteiger partial charge in [-0.1, -0.05) is 0 Å². The van der Waals surface area contributed by atoms with Gasteiger partial charge in [-0.05, 0) is 55.1 Å². The first-order valence-corrected chi connectivity index (χ1v) is 6.74. The van der Waals surface area contributed by atoms with Crippen molar-refractivity contribution in [3.05, 3.63) is 52.0 Å². The Labute approximate surface area is 107 Å². The highest BCUT2D eigenvalue weighted by Gasteiger charge is 2.04. The minimum atomic E-state index is 1.05. The number of nitrogens with zero attached hydrogens (tertiary/aromatic N) is 2. The summed E-state index contributed by atoms with van der Waals surface area (Å²) in [6.07, 6.45) is 4.81. The zero-order chi connectivity index (χ0) is 12.1. The minimum absolute atomic E-state index is 1.05. The SMILES string of the molecule is Cc1ccsc1CN(C)CCc1ccncc1. The van der Waals surface area contributed by atoms with Crippen LogP contribution < -0.4 is 0 Å². The van der Waals surface area contributed by atoms with Gasteiger partial charge in [-0.25, -0.2) is 0 Å². The highest BCUT2D eigenvalue weighted by molar-refractivity contribution is 7.10. The van der Waals surface area contributed by atoms with Crippen LogP contribution in [0.4, 0.5) is 0 Å². The van der Waals surface area contributed by atoms with E-state index in [-0.39, 0.29) is 0 Å². The number of hydrogen-bond acceptors (Lipinski definition) is 3. The van der Waals surface area contributed by atoms with Crippen LogP contribution in [0.25, 0.3) is 0 Å². The first kappa shape index (κ1) is 12.3. The maximum absolute atomic E-state index is 4.03. The molecule has 0 radical (unpaired) electrons. The molecule has 17 heavy (non-hydrogen) atoms. The van der Waals surface area contributed by atoms with Crippen LogP contribution >= 0.6 is 11.3 Å². The second-order valence-corrected chi connectivity index (χ2v) is 5.37. The number of rotatable bonds is 5. The summed E-state index contributed by atoms with van der Waals surface area (Å²) in [6, 6.07) is 6.37. The normalized spacial score (nSPS) is 11.0. The van der Waals surface area contributed by atoms with Gasteiger partial charge in [-0.15, -0.1) is 11.3 Å². The number of likely N-dealkylation sites (N-methyl/N-ethyl adjacent to an activating group) is 1. The van der Waals surface area contributed by atoms with Gasteiger partial charge < -0.3 is 4.90 Å². The molecular formula is C14H18N2S. The zero-order valence-corrected chi connectivity index (χ0v) is 11.2. The second-order valence-electron chi connectivity index (χ2n) is 4.37. The van der Waals surface area contributed by atoms with Crippen molar-refractivity contribution in [1.82, 2.24) is 9.88 Å². The molecule has 0 bridgehead atoms. The largest absolute Gasteiger partial charge is 0.301 e. The van der Waals surface area contributed by atoms with Gasteiger partial charge >= 0.3 is 0 Å². The summed E-state index contributed by atoms with van der Waals surface area (Å²) in [7, 11) is 2.18. The molecule has 2 heterocycles. The highest BCUT2D eigenvalue weighted by Crippen LogP contribution is 2.17. The van der Waals surface area contributed by atoms with Crippen LogP contribution in [-0.4, -0.2) is 23.5 Å². The van der Waals surface area contributed by atoms with Gasteiger partial charge in [0.1, 0.15) is 0 Å². The van der Waals surface area contributed by atoms with Crippen LogP contribution in [0.2, 0.25) is 0 Å². The lowest BCUT2D eigenvalue weighted by Crippen LogP contribution is -2.20. The third-order valence-corrected chi connectivity index (χ3v) is 3.92. The fourth-order valence-electron chi connectivity index (χ4n) is 1.76. The van der Waals surface area contributed by atoms with Crippen LogP contribution in [-0.2, 0) is 13.0 Å². The molecule has 90 valence electrons. The minimum Gasteiger partial charge on any atom is -0.301 e. The van der Waals surface area contributed by atoms with Gasteiger partial charge in [0.15, 0.2) is 0 Å². The Morgan fingerprint density at radius 1 is 1.24 bits per heavy atom. The number of aryl methyl sites for hydroxylation is 1. The summed E-state index contributed by atoms with van der Waals surface area (Å²) >= 11 is 1.85. The fourth-order valence-corrected chi connectivity index (χ4v) is 2.74. The summed E-state index contributed by atoms with van der Waals surface area (Å²) in [4.78, 5) is 7.88. The molecule has 2 aromatic heterocycles. The molecule has 0 spiro atoms. The molecule has 0 aliphatic heterocycles. The average molecular weight is 246 g/mol. The van der Waals surface area contributed by atoms with E-state index in [1.165, 1.54) is 16.0 Å². The fraction of sp³-hybridized carbons (Fsp3) is 0.357. The number of pyridine rings is 1. The van der Waals surface area contributed by atoms with E-state index in [2.05, 4.69) is 47.4 Å². The predicted octanol–water partition coefficient (Wildman–Crippen LogP) is 3.13. The summed E-state index contributed by atoms with van der Waals surface area (Å²) < 4.78 is 0. The second kappa shape index (κ2) is 5.94. The van der Waals surface area contributed by atoms with Gasteiger partial charge in [0.25, 0.3) is 0 Å². The summed E-state index contributed by atoms with van der Waals surface area (Å²) in [5.74, 6) is 0. The van der Waals surface area contributed by atoms with E-state index in [1.54, 1.807) is 0 Å². The molecule has 0 aromatic carbocycles. The topological polar surface area (TPSA) is 16.1 Å². The lowest BCUT2D eigenvalue weighted by atomic mass is 10.2. The van der Waals surface area contributed by atoms with Gasteiger partial charge in [0, 0.05) is 30.4 Å². The molecule has 0 saturated heterocycles. The van der Waals surface area contributed by atoms with Crippen molar-refractivity contribution in [3.63, 3.8) is 0 Å². The van der Waals surface area contributed by atoms with Crippen LogP contribution in [0.15, 0.2) is 36.0 Å². The Morgan fingerprint density at radius 3 is 2.65 bits per heavy atom. The third kappa shape index (κ3) is 3.65. The van der Waals surface area contributed by atoms with Crippen molar-refractivity contribution >= 4 is 11.3 Å². The van der Waals surface area contributed by atoms with E-state index in [4.69, 9.17) is 0 Å². The van der Waals surface area contributed by atoms with Gasteiger partial charge in [-0.2, -0.15) is 0 Å². The van der Waals surface area contributed by atoms with E-state index in [0.717, 1.165) is 19.5 Å². The molecular weight excluding hydrogens is 228 g/mol. The highest BCUT2D eigenvalue weighted by atomic mass is 32.1. The number of thiophene rings is 1. The molecule has 2 aromatic rings. The van der Waals surface area contributed by atoms with Crippen molar-refractivity contribution < 1.29 is 0 Å². The molecule has 0 unspecified atom stereocenters. The molecule has 3 heteroatoms. The van der Waals surface area contributed by atoms with Crippen LogP contribution in [0, 0.1) is 6.92 Å². The van der Waals surface area contributed by atoms with E-state index >= 15 is 0 Å². The molecule has 0 aliphatic rings. The average Bonchev–Trinajstić information content (AvgIpc) is 2.74. The lowest BCUT2D eigenvalue weighted by molar-refractivity contribution is 0.333. The van der Waals surface area contributed by atoms with Gasteiger partial charge in [0.2, 0.25) is 0 Å². The first-order chi connectivity index (χ1) is 8.25. The van der Waals surface area contributed by atoms with E-state index < -0.39 is 0 Å². The lowest BCUT2D eigenvalue weighted by Gasteiger charge is -2.16. The van der Waals surface area contributed by atoms with E-state index in [0.29, 0.717) is 0 Å². The Balaban J connectivity index is 1.82. The Bertz CT molecular complexity index is 450. The summed E-state index contributed by atoms with van der Waals surface area (Å²) in [5, 5.41) is 2.17. The van der Waals surface area contributed by atoms with E-state index in [1.807, 2.05) is 23.7 Å². The van der Waals surface area contributed by atoms with Gasteiger partial charge in [0.05, 0.1) is 0 Å². The maximum atomic E-state index is 4.03. The maximum Gasteiger partial charge on any atom is 0.0327 e. The summed E-state index contributed by atoms with van der Waals surface area (Å²) in [5.41, 5.74) is 2.76. The monoisotopic (exact) mass is 246 g/mol. The Morgan fingerprint density at radius 2 is 2.00 bits per heavy atom. The third-order valence-electron chi connectivity index (χ3n) is 2.91. The van der Waals surface area contributed by atoms with Crippen molar-refractivity contribution in [2.45, 2.75) is 19.9 Å². The standard InChI is InChI=1S/C14H18N2S/c1-12-6-10-17-14(12)11-16(2)9-5-13-3-7-15-8-4-13/h3-4,6-8,10H,5,9,11H2,1-2H3. The number of aromatic nitrogens is 1. The molecule has 0 fully saturated rings. The van der Waals surface area contributed by atoms with Crippen molar-refractivity contribution in [1.29, 1.82) is 0 Å². The molecule has 2 nitrogen and oxygen atoms in total. The molecule has 0 amide bonds. The van der Waals surface area contributed by atoms with Crippen LogP contribution in [0.3, 0.4) is 0 Å². The van der Waals surface area contributed by atoms with Gasteiger partial charge in [-0.3, -0.25) is 4.98 Å². The van der Waals surface area contributed by atoms with Crippen LogP contribution in [0.1, 0.15) is 16.0 Å². The molecule has 0 N–H and O–H groups in total. The van der Waals surface area contributed by atoms with Crippen LogP contribution in [0.5, 0.6) is 0 Å². The molecule has 0 saturated carbocycles. The number of hydrogen-bond donors (Lipinski definition) is 0. The quantitative estimate of drug-likeness (QED) is 0.806. The Kier molecular flexibility index (Phi) is 4.29. The van der Waals surface area contributed by atoms with Crippen molar-refractivity contribution in [2.24, 2.45) is 0 Å². The van der Waals surface area contributed by atoms with Crippen molar-refractivity contribution in [3.8, 4) is 0 Å². The molecule has 2 rings (SSSR count). The zero-order valence-electron chi connectivity index (χ0n) is 10.4.